The Bertz CT molecular complexity index is 951. The summed E-state index contributed by atoms with van der Waals surface area (Å²) < 4.78 is 11.8. The number of carbonyl (C=O) groups excluding carboxylic acids is 1. The van der Waals surface area contributed by atoms with Gasteiger partial charge in [-0.1, -0.05) is 38.1 Å². The SMILES string of the molecule is CCCOc1ccc(C2C3C(NNC3c3ccccc3O)C(=O)N2CCC)cc1OCC. The lowest BCUT2D eigenvalue weighted by molar-refractivity contribution is -0.130. The molecule has 2 fully saturated rings. The monoisotopic (exact) mass is 439 g/mol. The fourth-order valence-electron chi connectivity index (χ4n) is 4.92. The second kappa shape index (κ2) is 9.79. The number of aromatic hydroxyl groups is 1. The van der Waals surface area contributed by atoms with Crippen LogP contribution >= 0.6 is 0 Å². The van der Waals surface area contributed by atoms with E-state index >= 15 is 0 Å². The van der Waals surface area contributed by atoms with Crippen LogP contribution in [0.3, 0.4) is 0 Å². The van der Waals surface area contributed by atoms with Gasteiger partial charge in [0.15, 0.2) is 11.5 Å². The van der Waals surface area contributed by atoms with E-state index in [1.165, 1.54) is 0 Å². The highest BCUT2D eigenvalue weighted by Gasteiger charge is 2.55. The minimum absolute atomic E-state index is 0.0801. The molecule has 172 valence electrons. The van der Waals surface area contributed by atoms with Crippen molar-refractivity contribution in [1.82, 2.24) is 15.8 Å². The summed E-state index contributed by atoms with van der Waals surface area (Å²) in [6.45, 7) is 7.93. The minimum atomic E-state index is -0.359. The first-order valence-corrected chi connectivity index (χ1v) is 11.6. The summed E-state index contributed by atoms with van der Waals surface area (Å²) in [6.07, 6.45) is 1.78. The van der Waals surface area contributed by atoms with Crippen LogP contribution in [-0.4, -0.2) is 41.7 Å². The van der Waals surface area contributed by atoms with E-state index in [1.54, 1.807) is 6.07 Å². The highest BCUT2D eigenvalue weighted by molar-refractivity contribution is 5.86. The number of hydrogen-bond acceptors (Lipinski definition) is 6. The second-order valence-electron chi connectivity index (χ2n) is 8.34. The van der Waals surface area contributed by atoms with E-state index in [0.717, 1.165) is 29.7 Å². The molecule has 4 unspecified atom stereocenters. The van der Waals surface area contributed by atoms with Gasteiger partial charge in [0.1, 0.15) is 11.8 Å². The molecule has 2 saturated heterocycles. The van der Waals surface area contributed by atoms with Crippen LogP contribution in [0.15, 0.2) is 42.5 Å². The third-order valence-corrected chi connectivity index (χ3v) is 6.22. The molecule has 2 aliphatic rings. The maximum absolute atomic E-state index is 13.3. The first-order chi connectivity index (χ1) is 15.6. The van der Waals surface area contributed by atoms with Crippen molar-refractivity contribution in [1.29, 1.82) is 0 Å². The Morgan fingerprint density at radius 1 is 0.969 bits per heavy atom. The van der Waals surface area contributed by atoms with E-state index in [-0.39, 0.29) is 35.7 Å². The Kier molecular flexibility index (Phi) is 6.86. The van der Waals surface area contributed by atoms with Crippen LogP contribution < -0.4 is 20.3 Å². The number of benzene rings is 2. The topological polar surface area (TPSA) is 83.1 Å². The number of para-hydroxylation sites is 1. The molecule has 2 aromatic rings. The number of likely N-dealkylation sites (tertiary alicyclic amines) is 1. The fourth-order valence-corrected chi connectivity index (χ4v) is 4.92. The molecular weight excluding hydrogens is 406 g/mol. The third-order valence-electron chi connectivity index (χ3n) is 6.22. The van der Waals surface area contributed by atoms with Crippen molar-refractivity contribution < 1.29 is 19.4 Å². The normalized spacial score (nSPS) is 24.6. The molecule has 32 heavy (non-hydrogen) atoms. The van der Waals surface area contributed by atoms with Crippen LogP contribution in [0.1, 0.15) is 56.8 Å². The third kappa shape index (κ3) is 4.02. The molecule has 4 atom stereocenters. The number of rotatable bonds is 9. The number of fused-ring (bicyclic) bond motifs is 1. The predicted octanol–water partition coefficient (Wildman–Crippen LogP) is 3.71. The van der Waals surface area contributed by atoms with Crippen LogP contribution in [0.2, 0.25) is 0 Å². The molecule has 0 aromatic heterocycles. The standard InChI is InChI=1S/C25H33N3O4/c1-4-13-28-24(16-11-12-19(32-14-5-2)20(15-16)31-6-3)21-22(26-27-23(21)25(28)30)17-9-7-8-10-18(17)29/h7-12,15,21-24,26-27,29H,4-6,13-14H2,1-3H3. The van der Waals surface area contributed by atoms with Gasteiger partial charge in [-0.25, -0.2) is 10.9 Å². The molecule has 2 aromatic carbocycles. The molecule has 0 spiro atoms. The number of nitrogens with zero attached hydrogens (tertiary/aromatic N) is 1. The molecule has 7 nitrogen and oxygen atoms in total. The van der Waals surface area contributed by atoms with E-state index in [4.69, 9.17) is 9.47 Å². The average molecular weight is 440 g/mol. The van der Waals surface area contributed by atoms with Crippen molar-refractivity contribution in [3.05, 3.63) is 53.6 Å². The minimum Gasteiger partial charge on any atom is -0.508 e. The van der Waals surface area contributed by atoms with Gasteiger partial charge in [-0.2, -0.15) is 0 Å². The number of phenols is 1. The molecule has 2 aliphatic heterocycles. The number of carbonyl (C=O) groups is 1. The Morgan fingerprint density at radius 2 is 1.75 bits per heavy atom. The molecule has 4 rings (SSSR count). The quantitative estimate of drug-likeness (QED) is 0.553. The number of nitrogens with one attached hydrogen (secondary N) is 2. The van der Waals surface area contributed by atoms with Crippen LogP contribution in [0, 0.1) is 5.92 Å². The molecular formula is C25H33N3O4. The first kappa shape index (κ1) is 22.4. The van der Waals surface area contributed by atoms with E-state index < -0.39 is 0 Å². The van der Waals surface area contributed by atoms with Gasteiger partial charge in [0, 0.05) is 18.0 Å². The van der Waals surface area contributed by atoms with Crippen molar-refractivity contribution in [2.45, 2.75) is 51.7 Å². The smallest absolute Gasteiger partial charge is 0.242 e. The maximum Gasteiger partial charge on any atom is 0.242 e. The van der Waals surface area contributed by atoms with Crippen molar-refractivity contribution in [2.75, 3.05) is 19.8 Å². The van der Waals surface area contributed by atoms with Crippen LogP contribution in [0.5, 0.6) is 17.2 Å². The van der Waals surface area contributed by atoms with Crippen LogP contribution in [-0.2, 0) is 4.79 Å². The van der Waals surface area contributed by atoms with Gasteiger partial charge < -0.3 is 19.5 Å². The van der Waals surface area contributed by atoms with E-state index in [9.17, 15) is 9.90 Å². The molecule has 0 bridgehead atoms. The summed E-state index contributed by atoms with van der Waals surface area (Å²) >= 11 is 0. The molecule has 7 heteroatoms. The Morgan fingerprint density at radius 3 is 2.47 bits per heavy atom. The number of hydrogen-bond donors (Lipinski definition) is 3. The van der Waals surface area contributed by atoms with Crippen molar-refractivity contribution in [2.24, 2.45) is 5.92 Å². The zero-order valence-electron chi connectivity index (χ0n) is 19.0. The molecule has 0 radical (unpaired) electrons. The molecule has 0 saturated carbocycles. The fraction of sp³-hybridized carbons (Fsp3) is 0.480. The van der Waals surface area contributed by atoms with E-state index in [0.29, 0.717) is 25.5 Å². The summed E-state index contributed by atoms with van der Waals surface area (Å²) in [5.41, 5.74) is 8.28. The van der Waals surface area contributed by atoms with Crippen molar-refractivity contribution >= 4 is 5.91 Å². The first-order valence-electron chi connectivity index (χ1n) is 11.6. The molecule has 0 aliphatic carbocycles. The maximum atomic E-state index is 13.3. The Balaban J connectivity index is 1.76. The van der Waals surface area contributed by atoms with Gasteiger partial charge in [-0.3, -0.25) is 4.79 Å². The Hall–Kier alpha value is -2.77. The highest BCUT2D eigenvalue weighted by atomic mass is 16.5. The predicted molar refractivity (Wildman–Crippen MR) is 123 cm³/mol. The zero-order chi connectivity index (χ0) is 22.7. The molecule has 3 N–H and O–H groups in total. The van der Waals surface area contributed by atoms with Gasteiger partial charge in [0.2, 0.25) is 5.91 Å². The zero-order valence-corrected chi connectivity index (χ0v) is 19.0. The van der Waals surface area contributed by atoms with E-state index in [1.807, 2.05) is 48.2 Å². The van der Waals surface area contributed by atoms with Gasteiger partial charge in [0.25, 0.3) is 0 Å². The summed E-state index contributed by atoms with van der Waals surface area (Å²) in [4.78, 5) is 15.3. The number of ether oxygens (including phenoxy) is 2. The number of phenolic OH excluding ortho intramolecular Hbond substituents is 1. The average Bonchev–Trinajstić information content (AvgIpc) is 3.33. The van der Waals surface area contributed by atoms with Gasteiger partial charge >= 0.3 is 0 Å². The molecule has 1 amide bonds. The van der Waals surface area contributed by atoms with Gasteiger partial charge in [-0.15, -0.1) is 0 Å². The number of hydrazine groups is 1. The van der Waals surface area contributed by atoms with Gasteiger partial charge in [0.05, 0.1) is 25.3 Å². The van der Waals surface area contributed by atoms with Crippen LogP contribution in [0.25, 0.3) is 0 Å². The Labute approximate surface area is 189 Å². The van der Waals surface area contributed by atoms with Crippen molar-refractivity contribution in [3.8, 4) is 17.2 Å². The summed E-state index contributed by atoms with van der Waals surface area (Å²) in [7, 11) is 0. The second-order valence-corrected chi connectivity index (χ2v) is 8.34. The van der Waals surface area contributed by atoms with Crippen molar-refractivity contribution in [3.63, 3.8) is 0 Å². The van der Waals surface area contributed by atoms with E-state index in [2.05, 4.69) is 24.7 Å². The van der Waals surface area contributed by atoms with Gasteiger partial charge in [-0.05, 0) is 43.5 Å². The lowest BCUT2D eigenvalue weighted by atomic mass is 9.83. The lowest BCUT2D eigenvalue weighted by Gasteiger charge is -2.31. The highest BCUT2D eigenvalue weighted by Crippen LogP contribution is 2.49. The summed E-state index contributed by atoms with van der Waals surface area (Å²) in [5.74, 6) is 1.64. The lowest BCUT2D eigenvalue weighted by Crippen LogP contribution is -2.41. The van der Waals surface area contributed by atoms with Crippen LogP contribution in [0.4, 0.5) is 0 Å². The summed E-state index contributed by atoms with van der Waals surface area (Å²) in [6, 6.07) is 12.6. The summed E-state index contributed by atoms with van der Waals surface area (Å²) in [5, 5.41) is 10.5. The largest absolute Gasteiger partial charge is 0.508 e. The number of amides is 1. The molecule has 2 heterocycles.